The van der Waals surface area contributed by atoms with Crippen molar-refractivity contribution < 1.29 is 4.74 Å². The van der Waals surface area contributed by atoms with Crippen LogP contribution < -0.4 is 5.32 Å². The molecule has 1 aromatic heterocycles. The van der Waals surface area contributed by atoms with Crippen molar-refractivity contribution >= 4 is 0 Å². The summed E-state index contributed by atoms with van der Waals surface area (Å²) in [5.74, 6) is 0.788. The molecule has 0 bridgehead atoms. The minimum atomic E-state index is 0.169. The molecule has 0 unspecified atom stereocenters. The third-order valence-electron chi connectivity index (χ3n) is 4.72. The van der Waals surface area contributed by atoms with Gasteiger partial charge in [0, 0.05) is 31.0 Å². The van der Waals surface area contributed by atoms with Crippen molar-refractivity contribution in [2.24, 2.45) is 13.0 Å². The lowest BCUT2D eigenvalue weighted by molar-refractivity contribution is 0.0972. The second-order valence-electron chi connectivity index (χ2n) is 6.05. The average Bonchev–Trinajstić information content (AvgIpc) is 3.06. The molecule has 110 valence electrons. The first-order valence-corrected chi connectivity index (χ1v) is 7.74. The largest absolute Gasteiger partial charge is 0.372 e. The van der Waals surface area contributed by atoms with Gasteiger partial charge in [-0.1, -0.05) is 12.2 Å². The highest BCUT2D eigenvalue weighted by atomic mass is 16.5. The second kappa shape index (κ2) is 6.10. The van der Waals surface area contributed by atoms with Crippen molar-refractivity contribution in [2.75, 3.05) is 13.2 Å². The van der Waals surface area contributed by atoms with Gasteiger partial charge >= 0.3 is 0 Å². The molecule has 4 heteroatoms. The van der Waals surface area contributed by atoms with Gasteiger partial charge in [-0.2, -0.15) is 5.10 Å². The van der Waals surface area contributed by atoms with E-state index in [-0.39, 0.29) is 6.10 Å². The summed E-state index contributed by atoms with van der Waals surface area (Å²) in [6.07, 6.45) is 11.6. The number of hydrogen-bond acceptors (Lipinski definition) is 3. The van der Waals surface area contributed by atoms with Gasteiger partial charge in [0.05, 0.1) is 6.20 Å². The van der Waals surface area contributed by atoms with E-state index in [1.165, 1.54) is 30.5 Å². The van der Waals surface area contributed by atoms with Gasteiger partial charge < -0.3 is 10.1 Å². The maximum Gasteiger partial charge on any atom is 0.101 e. The number of ether oxygens (including phenoxy) is 1. The highest BCUT2D eigenvalue weighted by Crippen LogP contribution is 2.31. The summed E-state index contributed by atoms with van der Waals surface area (Å²) in [7, 11) is 1.99. The van der Waals surface area contributed by atoms with Gasteiger partial charge in [0.15, 0.2) is 0 Å². The number of allylic oxidation sites excluding steroid dienone is 2. The van der Waals surface area contributed by atoms with E-state index in [1.54, 1.807) is 0 Å². The summed E-state index contributed by atoms with van der Waals surface area (Å²) in [5.41, 5.74) is 2.45. The van der Waals surface area contributed by atoms with Gasteiger partial charge in [-0.25, -0.2) is 0 Å². The van der Waals surface area contributed by atoms with Crippen molar-refractivity contribution in [1.82, 2.24) is 15.1 Å². The number of rotatable bonds is 4. The standard InChI is InChI=1S/C16H25N3O/c1-12-14(11-18-19(12)2)16-15(8-9-20-16)17-10-13-6-4-3-5-7-13/h3-4,11,13,15-17H,5-10H2,1-2H3/t13-,15+,16-/m1/s1. The van der Waals surface area contributed by atoms with Gasteiger partial charge in [0.25, 0.3) is 0 Å². The third kappa shape index (κ3) is 2.81. The smallest absolute Gasteiger partial charge is 0.101 e. The third-order valence-corrected chi connectivity index (χ3v) is 4.72. The first-order chi connectivity index (χ1) is 9.75. The summed E-state index contributed by atoms with van der Waals surface area (Å²) in [4.78, 5) is 0. The van der Waals surface area contributed by atoms with Crippen LogP contribution in [0.1, 0.15) is 43.0 Å². The summed E-state index contributed by atoms with van der Waals surface area (Å²) < 4.78 is 7.89. The van der Waals surface area contributed by atoms with Crippen molar-refractivity contribution in [3.63, 3.8) is 0 Å². The van der Waals surface area contributed by atoms with Crippen molar-refractivity contribution in [3.8, 4) is 0 Å². The lowest BCUT2D eigenvalue weighted by Gasteiger charge is -2.24. The predicted molar refractivity (Wildman–Crippen MR) is 79.5 cm³/mol. The lowest BCUT2D eigenvalue weighted by atomic mass is 9.93. The van der Waals surface area contributed by atoms with Crippen LogP contribution in [0.4, 0.5) is 0 Å². The number of nitrogens with one attached hydrogen (secondary N) is 1. The normalized spacial score (nSPS) is 30.0. The molecule has 1 aromatic rings. The molecule has 1 aliphatic carbocycles. The van der Waals surface area contributed by atoms with Crippen LogP contribution in [0, 0.1) is 12.8 Å². The summed E-state index contributed by atoms with van der Waals surface area (Å²) in [5, 5.41) is 8.09. The Balaban J connectivity index is 1.61. The predicted octanol–water partition coefficient (Wildman–Crippen LogP) is 2.50. The van der Waals surface area contributed by atoms with Gasteiger partial charge in [-0.15, -0.1) is 0 Å². The van der Waals surface area contributed by atoms with Crippen LogP contribution in [0.3, 0.4) is 0 Å². The number of nitrogens with zero attached hydrogens (tertiary/aromatic N) is 2. The molecule has 1 fully saturated rings. The Hall–Kier alpha value is -1.13. The van der Waals surface area contributed by atoms with Gasteiger partial charge in [0.1, 0.15) is 6.10 Å². The molecule has 0 radical (unpaired) electrons. The van der Waals surface area contributed by atoms with Crippen molar-refractivity contribution in [3.05, 3.63) is 29.6 Å². The summed E-state index contributed by atoms with van der Waals surface area (Å²) in [6, 6.07) is 0.434. The van der Waals surface area contributed by atoms with E-state index in [1.807, 2.05) is 17.9 Å². The number of hydrogen-bond donors (Lipinski definition) is 1. The first kappa shape index (κ1) is 13.8. The average molecular weight is 275 g/mol. The molecule has 0 spiro atoms. The fourth-order valence-electron chi connectivity index (χ4n) is 3.26. The molecular formula is C16H25N3O. The molecule has 20 heavy (non-hydrogen) atoms. The number of aromatic nitrogens is 2. The number of aryl methyl sites for hydroxylation is 1. The zero-order valence-corrected chi connectivity index (χ0v) is 12.5. The molecule has 0 aromatic carbocycles. The zero-order valence-electron chi connectivity index (χ0n) is 12.5. The zero-order chi connectivity index (χ0) is 13.9. The summed E-state index contributed by atoms with van der Waals surface area (Å²) in [6.45, 7) is 4.07. The molecule has 0 saturated carbocycles. The summed E-state index contributed by atoms with van der Waals surface area (Å²) >= 11 is 0. The Bertz CT molecular complexity index is 480. The highest BCUT2D eigenvalue weighted by molar-refractivity contribution is 5.21. The second-order valence-corrected chi connectivity index (χ2v) is 6.05. The van der Waals surface area contributed by atoms with Crippen LogP contribution >= 0.6 is 0 Å². The fraction of sp³-hybridized carbons (Fsp3) is 0.688. The molecule has 1 saturated heterocycles. The first-order valence-electron chi connectivity index (χ1n) is 7.74. The maximum absolute atomic E-state index is 5.96. The van der Waals surface area contributed by atoms with E-state index in [4.69, 9.17) is 4.74 Å². The molecule has 1 N–H and O–H groups in total. The van der Waals surface area contributed by atoms with Gasteiger partial charge in [-0.05, 0) is 45.1 Å². The Morgan fingerprint density at radius 3 is 3.00 bits per heavy atom. The molecule has 4 nitrogen and oxygen atoms in total. The van der Waals surface area contributed by atoms with Crippen LogP contribution in [0.25, 0.3) is 0 Å². The molecular weight excluding hydrogens is 250 g/mol. The Labute approximate surface area is 121 Å². The van der Waals surface area contributed by atoms with Crippen molar-refractivity contribution in [1.29, 1.82) is 0 Å². The lowest BCUT2D eigenvalue weighted by Crippen LogP contribution is -2.35. The Kier molecular flexibility index (Phi) is 4.22. The molecule has 2 heterocycles. The van der Waals surface area contributed by atoms with Crippen LogP contribution in [0.5, 0.6) is 0 Å². The fourth-order valence-corrected chi connectivity index (χ4v) is 3.26. The topological polar surface area (TPSA) is 39.1 Å². The van der Waals surface area contributed by atoms with Crippen LogP contribution in [-0.2, 0) is 11.8 Å². The Morgan fingerprint density at radius 2 is 2.30 bits per heavy atom. The Morgan fingerprint density at radius 1 is 1.40 bits per heavy atom. The molecule has 2 aliphatic rings. The van der Waals surface area contributed by atoms with E-state index in [9.17, 15) is 0 Å². The van der Waals surface area contributed by atoms with Gasteiger partial charge in [-0.3, -0.25) is 4.68 Å². The van der Waals surface area contributed by atoms with Crippen molar-refractivity contribution in [2.45, 2.75) is 44.8 Å². The quantitative estimate of drug-likeness (QED) is 0.858. The molecule has 3 atom stereocenters. The van der Waals surface area contributed by atoms with E-state index in [2.05, 4.69) is 29.5 Å². The SMILES string of the molecule is Cc1c([C@H]2OCC[C@@H]2NC[C@@H]2CC=CCC2)cnn1C. The molecule has 1 aliphatic heterocycles. The van der Waals surface area contributed by atoms with E-state index in [0.29, 0.717) is 6.04 Å². The van der Waals surface area contributed by atoms with E-state index in [0.717, 1.165) is 25.5 Å². The van der Waals surface area contributed by atoms with E-state index < -0.39 is 0 Å². The minimum Gasteiger partial charge on any atom is -0.372 e. The van der Waals surface area contributed by atoms with Crippen LogP contribution in [0.2, 0.25) is 0 Å². The van der Waals surface area contributed by atoms with Gasteiger partial charge in [0.2, 0.25) is 0 Å². The minimum absolute atomic E-state index is 0.169. The van der Waals surface area contributed by atoms with Crippen LogP contribution in [0.15, 0.2) is 18.3 Å². The monoisotopic (exact) mass is 275 g/mol. The molecule has 0 amide bonds. The molecule has 3 rings (SSSR count). The maximum atomic E-state index is 5.96. The van der Waals surface area contributed by atoms with E-state index >= 15 is 0 Å². The highest BCUT2D eigenvalue weighted by Gasteiger charge is 2.32. The van der Waals surface area contributed by atoms with Crippen LogP contribution in [-0.4, -0.2) is 29.0 Å².